The molecule has 0 radical (unpaired) electrons. The molecule has 2 rings (SSSR count). The fraction of sp³-hybridized carbons (Fsp3) is 1.00. The van der Waals surface area contributed by atoms with Gasteiger partial charge in [0.1, 0.15) is 0 Å². The largest absolute Gasteiger partial charge is 0.329 e. The molecule has 0 amide bonds. The van der Waals surface area contributed by atoms with Gasteiger partial charge in [0, 0.05) is 12.1 Å². The SMILES string of the molecule is CC1CC1CNC1(CN)CCCC(C)C1C. The van der Waals surface area contributed by atoms with Gasteiger partial charge >= 0.3 is 0 Å². The molecule has 0 aromatic carbocycles. The maximum Gasteiger partial charge on any atom is 0.0332 e. The smallest absolute Gasteiger partial charge is 0.0332 e. The second-order valence-electron chi connectivity index (χ2n) is 6.37. The topological polar surface area (TPSA) is 38.0 Å². The molecule has 2 saturated carbocycles. The fourth-order valence-electron chi connectivity index (χ4n) is 3.39. The molecule has 5 atom stereocenters. The van der Waals surface area contributed by atoms with Crippen LogP contribution in [-0.2, 0) is 0 Å². The van der Waals surface area contributed by atoms with Crippen LogP contribution in [0.25, 0.3) is 0 Å². The van der Waals surface area contributed by atoms with Crippen LogP contribution in [0.4, 0.5) is 0 Å². The van der Waals surface area contributed by atoms with Gasteiger partial charge in [-0.3, -0.25) is 0 Å². The Morgan fingerprint density at radius 2 is 1.94 bits per heavy atom. The Morgan fingerprint density at radius 1 is 1.25 bits per heavy atom. The van der Waals surface area contributed by atoms with Crippen LogP contribution in [0.5, 0.6) is 0 Å². The van der Waals surface area contributed by atoms with Gasteiger partial charge in [0.25, 0.3) is 0 Å². The highest BCUT2D eigenvalue weighted by atomic mass is 15.0. The molecule has 2 heteroatoms. The van der Waals surface area contributed by atoms with Crippen LogP contribution >= 0.6 is 0 Å². The molecule has 94 valence electrons. The molecule has 16 heavy (non-hydrogen) atoms. The van der Waals surface area contributed by atoms with Crippen LogP contribution in [0, 0.1) is 23.7 Å². The maximum absolute atomic E-state index is 6.07. The number of rotatable bonds is 4. The monoisotopic (exact) mass is 224 g/mol. The van der Waals surface area contributed by atoms with Gasteiger partial charge in [-0.1, -0.05) is 33.6 Å². The van der Waals surface area contributed by atoms with Crippen molar-refractivity contribution >= 4 is 0 Å². The average molecular weight is 224 g/mol. The quantitative estimate of drug-likeness (QED) is 0.769. The van der Waals surface area contributed by atoms with Crippen LogP contribution in [0.1, 0.15) is 46.5 Å². The predicted octanol–water partition coefficient (Wildman–Crippen LogP) is 2.39. The van der Waals surface area contributed by atoms with Gasteiger partial charge in [0.05, 0.1) is 0 Å². The summed E-state index contributed by atoms with van der Waals surface area (Å²) in [5.41, 5.74) is 6.31. The summed E-state index contributed by atoms with van der Waals surface area (Å²) in [6.07, 6.45) is 5.41. The third kappa shape index (κ3) is 2.28. The predicted molar refractivity (Wildman–Crippen MR) is 69.2 cm³/mol. The minimum absolute atomic E-state index is 0.236. The van der Waals surface area contributed by atoms with Crippen LogP contribution in [-0.4, -0.2) is 18.6 Å². The Morgan fingerprint density at radius 3 is 2.50 bits per heavy atom. The molecule has 0 spiro atoms. The summed E-state index contributed by atoms with van der Waals surface area (Å²) in [4.78, 5) is 0. The molecule has 2 aliphatic carbocycles. The van der Waals surface area contributed by atoms with E-state index in [2.05, 4.69) is 26.1 Å². The molecule has 0 heterocycles. The van der Waals surface area contributed by atoms with Crippen LogP contribution < -0.4 is 11.1 Å². The zero-order chi connectivity index (χ0) is 11.8. The molecule has 0 saturated heterocycles. The molecule has 0 aromatic rings. The van der Waals surface area contributed by atoms with E-state index in [-0.39, 0.29) is 5.54 Å². The van der Waals surface area contributed by atoms with Gasteiger partial charge < -0.3 is 11.1 Å². The summed E-state index contributed by atoms with van der Waals surface area (Å²) in [6.45, 7) is 9.12. The van der Waals surface area contributed by atoms with E-state index >= 15 is 0 Å². The normalized spacial score (nSPS) is 48.0. The molecule has 2 fully saturated rings. The van der Waals surface area contributed by atoms with Gasteiger partial charge in [0.15, 0.2) is 0 Å². The zero-order valence-electron chi connectivity index (χ0n) is 11.1. The summed E-state index contributed by atoms with van der Waals surface area (Å²) in [6, 6.07) is 0. The van der Waals surface area contributed by atoms with Crippen molar-refractivity contribution in [3.8, 4) is 0 Å². The lowest BCUT2D eigenvalue weighted by atomic mass is 9.68. The van der Waals surface area contributed by atoms with Gasteiger partial charge in [-0.05, 0) is 43.1 Å². The number of hydrogen-bond acceptors (Lipinski definition) is 2. The van der Waals surface area contributed by atoms with Gasteiger partial charge in [-0.2, -0.15) is 0 Å². The Labute approximate surface area is 100 Å². The second-order valence-corrected chi connectivity index (χ2v) is 6.37. The Kier molecular flexibility index (Phi) is 3.60. The standard InChI is InChI=1S/C14H28N2/c1-10-5-4-6-14(9-15,12(10)3)16-8-13-7-11(13)2/h10-13,16H,4-9,15H2,1-3H3. The van der Waals surface area contributed by atoms with Crippen molar-refractivity contribution < 1.29 is 0 Å². The first-order valence-corrected chi connectivity index (χ1v) is 7.04. The van der Waals surface area contributed by atoms with Crippen molar-refractivity contribution in [1.82, 2.24) is 5.32 Å². The average Bonchev–Trinajstić information content (AvgIpc) is 2.98. The molecule has 5 unspecified atom stereocenters. The number of hydrogen-bond donors (Lipinski definition) is 2. The van der Waals surface area contributed by atoms with E-state index in [9.17, 15) is 0 Å². The molecule has 0 aliphatic heterocycles. The highest BCUT2D eigenvalue weighted by Crippen LogP contribution is 2.40. The molecule has 2 aliphatic rings. The third-order valence-electron chi connectivity index (χ3n) is 5.36. The van der Waals surface area contributed by atoms with Crippen LogP contribution in [0.2, 0.25) is 0 Å². The Hall–Kier alpha value is -0.0800. The zero-order valence-corrected chi connectivity index (χ0v) is 11.1. The van der Waals surface area contributed by atoms with E-state index in [1.165, 1.54) is 32.2 Å². The molecular formula is C14H28N2. The Bertz CT molecular complexity index is 241. The van der Waals surface area contributed by atoms with Crippen molar-refractivity contribution in [2.24, 2.45) is 29.4 Å². The first-order chi connectivity index (χ1) is 7.59. The Balaban J connectivity index is 1.93. The molecular weight excluding hydrogens is 196 g/mol. The lowest BCUT2D eigenvalue weighted by Crippen LogP contribution is -2.59. The highest BCUT2D eigenvalue weighted by molar-refractivity contribution is 5.00. The van der Waals surface area contributed by atoms with Crippen molar-refractivity contribution in [2.45, 2.75) is 52.0 Å². The molecule has 3 N–H and O–H groups in total. The van der Waals surface area contributed by atoms with Crippen molar-refractivity contribution in [3.63, 3.8) is 0 Å². The van der Waals surface area contributed by atoms with E-state index in [1.54, 1.807) is 0 Å². The van der Waals surface area contributed by atoms with E-state index in [1.807, 2.05) is 0 Å². The molecule has 0 aromatic heterocycles. The first kappa shape index (κ1) is 12.4. The van der Waals surface area contributed by atoms with E-state index < -0.39 is 0 Å². The summed E-state index contributed by atoms with van der Waals surface area (Å²) in [7, 11) is 0. The van der Waals surface area contributed by atoms with Gasteiger partial charge in [-0.15, -0.1) is 0 Å². The second kappa shape index (κ2) is 4.66. The van der Waals surface area contributed by atoms with Gasteiger partial charge in [0.2, 0.25) is 0 Å². The highest BCUT2D eigenvalue weighted by Gasteiger charge is 2.42. The van der Waals surface area contributed by atoms with Crippen molar-refractivity contribution in [2.75, 3.05) is 13.1 Å². The maximum atomic E-state index is 6.07. The van der Waals surface area contributed by atoms with Gasteiger partial charge in [-0.25, -0.2) is 0 Å². The van der Waals surface area contributed by atoms with Crippen LogP contribution in [0.15, 0.2) is 0 Å². The number of nitrogens with two attached hydrogens (primary N) is 1. The minimum atomic E-state index is 0.236. The summed E-state index contributed by atoms with van der Waals surface area (Å²) in [5, 5.41) is 3.83. The van der Waals surface area contributed by atoms with E-state index in [0.717, 1.165) is 30.2 Å². The van der Waals surface area contributed by atoms with Crippen molar-refractivity contribution in [1.29, 1.82) is 0 Å². The lowest BCUT2D eigenvalue weighted by Gasteiger charge is -2.46. The molecule has 0 bridgehead atoms. The van der Waals surface area contributed by atoms with Crippen LogP contribution in [0.3, 0.4) is 0 Å². The third-order valence-corrected chi connectivity index (χ3v) is 5.36. The van der Waals surface area contributed by atoms with E-state index in [4.69, 9.17) is 5.73 Å². The summed E-state index contributed by atoms with van der Waals surface area (Å²) >= 11 is 0. The minimum Gasteiger partial charge on any atom is -0.329 e. The summed E-state index contributed by atoms with van der Waals surface area (Å²) < 4.78 is 0. The van der Waals surface area contributed by atoms with Crippen molar-refractivity contribution in [3.05, 3.63) is 0 Å². The number of nitrogens with one attached hydrogen (secondary N) is 1. The van der Waals surface area contributed by atoms with E-state index in [0.29, 0.717) is 0 Å². The fourth-order valence-corrected chi connectivity index (χ4v) is 3.39. The summed E-state index contributed by atoms with van der Waals surface area (Å²) in [5.74, 6) is 3.41. The molecule has 2 nitrogen and oxygen atoms in total. The first-order valence-electron chi connectivity index (χ1n) is 7.04. The lowest BCUT2D eigenvalue weighted by molar-refractivity contribution is 0.110.